The Kier molecular flexibility index (Phi) is 11.4. The van der Waals surface area contributed by atoms with Gasteiger partial charge in [-0.15, -0.1) is 24.0 Å². The summed E-state index contributed by atoms with van der Waals surface area (Å²) in [6.07, 6.45) is 5.17. The molecular weight excluding hydrogens is 501 g/mol. The standard InChI is InChI=1S/C24H41N5O.HI/c1-19(2)29-15-7-8-20(18-29)16-26-24(25-3)27-17-23(28-13-5-6-14-28)21-9-11-22(30-4)12-10-21;/h9-12,19-20,23H,5-8,13-18H2,1-4H3,(H2,25,26,27);1H. The molecule has 1 aromatic rings. The van der Waals surface area contributed by atoms with E-state index in [9.17, 15) is 0 Å². The molecular formula is C24H42IN5O. The van der Waals surface area contributed by atoms with E-state index in [1.165, 1.54) is 44.3 Å². The monoisotopic (exact) mass is 543 g/mol. The first-order chi connectivity index (χ1) is 14.6. The Morgan fingerprint density at radius 3 is 2.35 bits per heavy atom. The molecule has 0 aliphatic carbocycles. The van der Waals surface area contributed by atoms with Gasteiger partial charge in [0.15, 0.2) is 5.96 Å². The first-order valence-corrected chi connectivity index (χ1v) is 11.7. The Balaban J connectivity index is 0.00000341. The van der Waals surface area contributed by atoms with Gasteiger partial charge in [-0.25, -0.2) is 0 Å². The molecule has 1 aromatic carbocycles. The molecule has 31 heavy (non-hydrogen) atoms. The maximum Gasteiger partial charge on any atom is 0.191 e. The highest BCUT2D eigenvalue weighted by atomic mass is 127. The van der Waals surface area contributed by atoms with Crippen LogP contribution in [0.15, 0.2) is 29.3 Å². The van der Waals surface area contributed by atoms with Gasteiger partial charge in [-0.1, -0.05) is 12.1 Å². The minimum Gasteiger partial charge on any atom is -0.497 e. The molecule has 0 radical (unpaired) electrons. The van der Waals surface area contributed by atoms with E-state index in [2.05, 4.69) is 63.5 Å². The van der Waals surface area contributed by atoms with Crippen molar-refractivity contribution in [2.75, 3.05) is 53.4 Å². The number of rotatable bonds is 8. The smallest absolute Gasteiger partial charge is 0.191 e. The van der Waals surface area contributed by atoms with Gasteiger partial charge in [-0.3, -0.25) is 9.89 Å². The van der Waals surface area contributed by atoms with Crippen LogP contribution >= 0.6 is 24.0 Å². The average molecular weight is 544 g/mol. The minimum atomic E-state index is 0. The number of benzene rings is 1. The maximum atomic E-state index is 5.34. The Hall–Kier alpha value is -1.06. The molecule has 3 rings (SSSR count). The Labute approximate surface area is 206 Å². The summed E-state index contributed by atoms with van der Waals surface area (Å²) in [5, 5.41) is 7.19. The van der Waals surface area contributed by atoms with E-state index in [1.807, 2.05) is 7.05 Å². The minimum absolute atomic E-state index is 0. The number of piperidine rings is 1. The predicted octanol–water partition coefficient (Wildman–Crippen LogP) is 3.74. The lowest BCUT2D eigenvalue weighted by molar-refractivity contribution is 0.141. The Bertz CT molecular complexity index is 660. The van der Waals surface area contributed by atoms with Crippen molar-refractivity contribution in [3.63, 3.8) is 0 Å². The van der Waals surface area contributed by atoms with Crippen LogP contribution in [0.5, 0.6) is 5.75 Å². The Morgan fingerprint density at radius 2 is 1.74 bits per heavy atom. The second kappa shape index (κ2) is 13.5. The van der Waals surface area contributed by atoms with Crippen molar-refractivity contribution in [3.8, 4) is 5.75 Å². The summed E-state index contributed by atoms with van der Waals surface area (Å²) in [4.78, 5) is 9.67. The molecule has 2 N–H and O–H groups in total. The average Bonchev–Trinajstić information content (AvgIpc) is 3.31. The first kappa shape index (κ1) is 26.2. The fourth-order valence-electron chi connectivity index (χ4n) is 4.72. The van der Waals surface area contributed by atoms with Gasteiger partial charge in [0.2, 0.25) is 0 Å². The van der Waals surface area contributed by atoms with Crippen LogP contribution in [-0.2, 0) is 0 Å². The van der Waals surface area contributed by atoms with Crippen LogP contribution in [0.3, 0.4) is 0 Å². The molecule has 2 aliphatic heterocycles. The molecule has 2 heterocycles. The van der Waals surface area contributed by atoms with Gasteiger partial charge in [-0.2, -0.15) is 0 Å². The van der Waals surface area contributed by atoms with E-state index in [4.69, 9.17) is 4.74 Å². The fourth-order valence-corrected chi connectivity index (χ4v) is 4.72. The van der Waals surface area contributed by atoms with Crippen molar-refractivity contribution < 1.29 is 4.74 Å². The SMILES string of the molecule is CN=C(NCC1CCCN(C(C)C)C1)NCC(c1ccc(OC)cc1)N1CCCC1.I. The number of nitrogens with zero attached hydrogens (tertiary/aromatic N) is 3. The first-order valence-electron chi connectivity index (χ1n) is 11.7. The fraction of sp³-hybridized carbons (Fsp3) is 0.708. The number of nitrogens with one attached hydrogen (secondary N) is 2. The number of likely N-dealkylation sites (tertiary alicyclic amines) is 2. The highest BCUT2D eigenvalue weighted by molar-refractivity contribution is 14.0. The summed E-state index contributed by atoms with van der Waals surface area (Å²) in [6.45, 7) is 11.2. The number of halogens is 1. The summed E-state index contributed by atoms with van der Waals surface area (Å²) in [5.41, 5.74) is 1.33. The number of hydrogen-bond donors (Lipinski definition) is 2. The van der Waals surface area contributed by atoms with Gasteiger partial charge in [0, 0.05) is 32.7 Å². The van der Waals surface area contributed by atoms with E-state index in [1.54, 1.807) is 7.11 Å². The lowest BCUT2D eigenvalue weighted by Crippen LogP contribution is -2.47. The molecule has 0 spiro atoms. The molecule has 0 amide bonds. The molecule has 0 bridgehead atoms. The van der Waals surface area contributed by atoms with Crippen molar-refractivity contribution in [1.82, 2.24) is 20.4 Å². The molecule has 2 saturated heterocycles. The maximum absolute atomic E-state index is 5.34. The van der Waals surface area contributed by atoms with E-state index >= 15 is 0 Å². The molecule has 0 aromatic heterocycles. The molecule has 2 unspecified atom stereocenters. The topological polar surface area (TPSA) is 52.1 Å². The van der Waals surface area contributed by atoms with Crippen molar-refractivity contribution in [2.45, 2.75) is 51.6 Å². The van der Waals surface area contributed by atoms with E-state index in [0.717, 1.165) is 37.9 Å². The highest BCUT2D eigenvalue weighted by Crippen LogP contribution is 2.26. The van der Waals surface area contributed by atoms with Crippen LogP contribution in [0.25, 0.3) is 0 Å². The van der Waals surface area contributed by atoms with Gasteiger partial charge in [0.1, 0.15) is 5.75 Å². The number of methoxy groups -OCH3 is 1. The largest absolute Gasteiger partial charge is 0.497 e. The molecule has 176 valence electrons. The third-order valence-electron chi connectivity index (χ3n) is 6.61. The van der Waals surface area contributed by atoms with E-state index in [0.29, 0.717) is 18.0 Å². The zero-order valence-electron chi connectivity index (χ0n) is 19.8. The molecule has 2 aliphatic rings. The Morgan fingerprint density at radius 1 is 1.06 bits per heavy atom. The van der Waals surface area contributed by atoms with E-state index < -0.39 is 0 Å². The van der Waals surface area contributed by atoms with Crippen molar-refractivity contribution in [2.24, 2.45) is 10.9 Å². The summed E-state index contributed by atoms with van der Waals surface area (Å²) >= 11 is 0. The van der Waals surface area contributed by atoms with Crippen LogP contribution in [0.2, 0.25) is 0 Å². The van der Waals surface area contributed by atoms with Gasteiger partial charge in [0.25, 0.3) is 0 Å². The highest BCUT2D eigenvalue weighted by Gasteiger charge is 2.24. The van der Waals surface area contributed by atoms with Gasteiger partial charge in [0.05, 0.1) is 13.2 Å². The quantitative estimate of drug-likeness (QED) is 0.298. The normalized spacial score (nSPS) is 21.6. The lowest BCUT2D eigenvalue weighted by Gasteiger charge is -2.35. The van der Waals surface area contributed by atoms with Crippen molar-refractivity contribution in [1.29, 1.82) is 0 Å². The second-order valence-electron chi connectivity index (χ2n) is 8.96. The number of guanidine groups is 1. The molecule has 2 atom stereocenters. The summed E-state index contributed by atoms with van der Waals surface area (Å²) in [5.74, 6) is 2.51. The van der Waals surface area contributed by atoms with Gasteiger partial charge in [-0.05, 0) is 82.8 Å². The molecule has 6 nitrogen and oxygen atoms in total. The van der Waals surface area contributed by atoms with Crippen LogP contribution in [-0.4, -0.2) is 75.2 Å². The van der Waals surface area contributed by atoms with E-state index in [-0.39, 0.29) is 24.0 Å². The van der Waals surface area contributed by atoms with Crippen LogP contribution in [0.1, 0.15) is 51.1 Å². The van der Waals surface area contributed by atoms with Crippen molar-refractivity contribution >= 4 is 29.9 Å². The van der Waals surface area contributed by atoms with Crippen LogP contribution in [0, 0.1) is 5.92 Å². The number of aliphatic imine (C=N–C) groups is 1. The third kappa shape index (κ3) is 7.79. The number of ether oxygens (including phenoxy) is 1. The molecule has 2 fully saturated rings. The lowest BCUT2D eigenvalue weighted by atomic mass is 9.97. The zero-order chi connectivity index (χ0) is 21.3. The number of hydrogen-bond acceptors (Lipinski definition) is 4. The van der Waals surface area contributed by atoms with Crippen LogP contribution in [0.4, 0.5) is 0 Å². The predicted molar refractivity (Wildman–Crippen MR) is 141 cm³/mol. The summed E-state index contributed by atoms with van der Waals surface area (Å²) in [7, 11) is 3.59. The van der Waals surface area contributed by atoms with Gasteiger partial charge < -0.3 is 20.3 Å². The molecule has 7 heteroatoms. The summed E-state index contributed by atoms with van der Waals surface area (Å²) < 4.78 is 5.34. The van der Waals surface area contributed by atoms with Crippen LogP contribution < -0.4 is 15.4 Å². The summed E-state index contributed by atoms with van der Waals surface area (Å²) in [6, 6.07) is 9.51. The molecule has 0 saturated carbocycles. The van der Waals surface area contributed by atoms with Gasteiger partial charge >= 0.3 is 0 Å². The van der Waals surface area contributed by atoms with Crippen molar-refractivity contribution in [3.05, 3.63) is 29.8 Å². The zero-order valence-corrected chi connectivity index (χ0v) is 22.1. The third-order valence-corrected chi connectivity index (χ3v) is 6.61. The second-order valence-corrected chi connectivity index (χ2v) is 8.96.